The number of rotatable bonds is 5. The molecule has 1 aromatic heterocycles. The molecule has 0 unspecified atom stereocenters. The van der Waals surface area contributed by atoms with Gasteiger partial charge >= 0.3 is 0 Å². The van der Waals surface area contributed by atoms with Crippen LogP contribution in [0.3, 0.4) is 0 Å². The van der Waals surface area contributed by atoms with E-state index < -0.39 is 0 Å². The van der Waals surface area contributed by atoms with Gasteiger partial charge in [-0.1, -0.05) is 30.3 Å². The van der Waals surface area contributed by atoms with Crippen LogP contribution in [-0.2, 0) is 11.8 Å². The van der Waals surface area contributed by atoms with E-state index in [1.165, 1.54) is 0 Å². The standard InChI is InChI=1S/C23H25N3O4/c1-25-20(14-19(24-25)18-13-17(28-2)9-10-21(18)29-3)23(27)26-11-12-30-22(15-26)16-7-5-4-6-8-16/h4-10,13-14,22H,11-12,15H2,1-3H3/t22-/m0/s1. The molecule has 0 radical (unpaired) electrons. The minimum Gasteiger partial charge on any atom is -0.497 e. The summed E-state index contributed by atoms with van der Waals surface area (Å²) >= 11 is 0. The Morgan fingerprint density at radius 2 is 1.90 bits per heavy atom. The second-order valence-electron chi connectivity index (χ2n) is 7.13. The zero-order valence-electron chi connectivity index (χ0n) is 17.4. The Balaban J connectivity index is 1.60. The van der Waals surface area contributed by atoms with Crippen molar-refractivity contribution < 1.29 is 19.0 Å². The van der Waals surface area contributed by atoms with Gasteiger partial charge in [-0.15, -0.1) is 0 Å². The lowest BCUT2D eigenvalue weighted by Gasteiger charge is -2.33. The lowest BCUT2D eigenvalue weighted by atomic mass is 10.1. The topological polar surface area (TPSA) is 65.8 Å². The molecule has 1 aliphatic rings. The predicted molar refractivity (Wildman–Crippen MR) is 113 cm³/mol. The number of aromatic nitrogens is 2. The summed E-state index contributed by atoms with van der Waals surface area (Å²) in [5.41, 5.74) is 3.02. The van der Waals surface area contributed by atoms with E-state index in [0.29, 0.717) is 42.6 Å². The first-order valence-corrected chi connectivity index (χ1v) is 9.83. The number of ether oxygens (including phenoxy) is 3. The third-order valence-electron chi connectivity index (χ3n) is 5.31. The summed E-state index contributed by atoms with van der Waals surface area (Å²) in [5.74, 6) is 1.30. The van der Waals surface area contributed by atoms with E-state index in [4.69, 9.17) is 14.2 Å². The fourth-order valence-electron chi connectivity index (χ4n) is 3.68. The highest BCUT2D eigenvalue weighted by Crippen LogP contribution is 2.33. The van der Waals surface area contributed by atoms with E-state index in [9.17, 15) is 4.79 Å². The summed E-state index contributed by atoms with van der Waals surface area (Å²) in [6, 6.07) is 17.3. The first kappa shape index (κ1) is 20.0. The normalized spacial score (nSPS) is 16.4. The molecule has 2 heterocycles. The van der Waals surface area contributed by atoms with Crippen LogP contribution in [0.2, 0.25) is 0 Å². The van der Waals surface area contributed by atoms with Crippen LogP contribution >= 0.6 is 0 Å². The van der Waals surface area contributed by atoms with Crippen molar-refractivity contribution in [2.75, 3.05) is 33.9 Å². The molecule has 1 fully saturated rings. The Morgan fingerprint density at radius 3 is 2.63 bits per heavy atom. The van der Waals surface area contributed by atoms with Crippen LogP contribution in [0.1, 0.15) is 22.2 Å². The summed E-state index contributed by atoms with van der Waals surface area (Å²) < 4.78 is 18.3. The maximum absolute atomic E-state index is 13.3. The smallest absolute Gasteiger partial charge is 0.272 e. The molecule has 1 atom stereocenters. The van der Waals surface area contributed by atoms with Crippen LogP contribution in [-0.4, -0.2) is 54.5 Å². The summed E-state index contributed by atoms with van der Waals surface area (Å²) in [5, 5.41) is 4.56. The number of hydrogen-bond donors (Lipinski definition) is 0. The van der Waals surface area contributed by atoms with E-state index in [0.717, 1.165) is 11.1 Å². The average Bonchev–Trinajstić information content (AvgIpc) is 3.20. The molecule has 7 nitrogen and oxygen atoms in total. The van der Waals surface area contributed by atoms with E-state index in [2.05, 4.69) is 5.10 Å². The van der Waals surface area contributed by atoms with Crippen molar-refractivity contribution in [1.82, 2.24) is 14.7 Å². The molecule has 156 valence electrons. The van der Waals surface area contributed by atoms with E-state index in [1.807, 2.05) is 53.4 Å². The third-order valence-corrected chi connectivity index (χ3v) is 5.31. The maximum Gasteiger partial charge on any atom is 0.272 e. The monoisotopic (exact) mass is 407 g/mol. The molecule has 3 aromatic rings. The third kappa shape index (κ3) is 3.89. The Hall–Kier alpha value is -3.32. The van der Waals surface area contributed by atoms with E-state index in [1.54, 1.807) is 32.0 Å². The molecule has 30 heavy (non-hydrogen) atoms. The van der Waals surface area contributed by atoms with Gasteiger partial charge in [-0.3, -0.25) is 9.48 Å². The highest BCUT2D eigenvalue weighted by Gasteiger charge is 2.28. The number of morpholine rings is 1. The van der Waals surface area contributed by atoms with Gasteiger partial charge in [0.05, 0.1) is 33.1 Å². The fraction of sp³-hybridized carbons (Fsp3) is 0.304. The minimum atomic E-state index is -0.130. The molecular formula is C23H25N3O4. The van der Waals surface area contributed by atoms with Crippen LogP contribution in [0, 0.1) is 0 Å². The number of methoxy groups -OCH3 is 2. The predicted octanol–water partition coefficient (Wildman–Crippen LogP) is 3.32. The van der Waals surface area contributed by atoms with Crippen molar-refractivity contribution in [3.63, 3.8) is 0 Å². The van der Waals surface area contributed by atoms with Crippen LogP contribution in [0.5, 0.6) is 11.5 Å². The molecule has 0 bridgehead atoms. The van der Waals surface area contributed by atoms with E-state index in [-0.39, 0.29) is 12.0 Å². The average molecular weight is 407 g/mol. The van der Waals surface area contributed by atoms with Gasteiger partial charge in [0.1, 0.15) is 23.3 Å². The quantitative estimate of drug-likeness (QED) is 0.649. The number of nitrogens with zero attached hydrogens (tertiary/aromatic N) is 3. The molecule has 1 aliphatic heterocycles. The molecule has 0 spiro atoms. The van der Waals surface area contributed by atoms with Crippen molar-refractivity contribution >= 4 is 5.91 Å². The van der Waals surface area contributed by atoms with Crippen LogP contribution in [0.25, 0.3) is 11.3 Å². The van der Waals surface area contributed by atoms with Gasteiger partial charge in [-0.25, -0.2) is 0 Å². The molecule has 2 aromatic carbocycles. The molecule has 4 rings (SSSR count). The van der Waals surface area contributed by atoms with Gasteiger partial charge in [-0.05, 0) is 29.8 Å². The molecule has 7 heteroatoms. The summed E-state index contributed by atoms with van der Waals surface area (Å²) in [4.78, 5) is 15.1. The van der Waals surface area contributed by atoms with Crippen molar-refractivity contribution in [2.45, 2.75) is 6.10 Å². The van der Waals surface area contributed by atoms with Gasteiger partial charge in [0.25, 0.3) is 5.91 Å². The highest BCUT2D eigenvalue weighted by atomic mass is 16.5. The first-order valence-electron chi connectivity index (χ1n) is 9.83. The summed E-state index contributed by atoms with van der Waals surface area (Å²) in [6.07, 6.45) is -0.130. The van der Waals surface area contributed by atoms with Crippen molar-refractivity contribution in [2.24, 2.45) is 7.05 Å². The van der Waals surface area contributed by atoms with Crippen molar-refractivity contribution in [3.05, 3.63) is 65.9 Å². The van der Waals surface area contributed by atoms with Gasteiger partial charge in [0.2, 0.25) is 0 Å². The summed E-state index contributed by atoms with van der Waals surface area (Å²) in [7, 11) is 5.00. The Labute approximate surface area is 175 Å². The number of amides is 1. The largest absolute Gasteiger partial charge is 0.497 e. The zero-order chi connectivity index (χ0) is 21.1. The first-order chi connectivity index (χ1) is 14.6. The SMILES string of the molecule is COc1ccc(OC)c(-c2cc(C(=O)N3CCO[C@H](c4ccccc4)C3)n(C)n2)c1. The molecule has 1 amide bonds. The Kier molecular flexibility index (Phi) is 5.72. The second kappa shape index (κ2) is 8.59. The molecule has 0 saturated carbocycles. The number of carbonyl (C=O) groups is 1. The number of aryl methyl sites for hydroxylation is 1. The number of hydrogen-bond acceptors (Lipinski definition) is 5. The van der Waals surface area contributed by atoms with Gasteiger partial charge < -0.3 is 19.1 Å². The van der Waals surface area contributed by atoms with Gasteiger partial charge in [0.15, 0.2) is 0 Å². The van der Waals surface area contributed by atoms with Gasteiger partial charge in [-0.2, -0.15) is 5.10 Å². The van der Waals surface area contributed by atoms with Crippen molar-refractivity contribution in [3.8, 4) is 22.8 Å². The summed E-state index contributed by atoms with van der Waals surface area (Å²) in [6.45, 7) is 1.55. The number of benzene rings is 2. The highest BCUT2D eigenvalue weighted by molar-refractivity contribution is 5.94. The van der Waals surface area contributed by atoms with Crippen LogP contribution in [0.4, 0.5) is 0 Å². The lowest BCUT2D eigenvalue weighted by molar-refractivity contribution is -0.0231. The maximum atomic E-state index is 13.3. The zero-order valence-corrected chi connectivity index (χ0v) is 17.4. The van der Waals surface area contributed by atoms with Crippen LogP contribution in [0.15, 0.2) is 54.6 Å². The fourth-order valence-corrected chi connectivity index (χ4v) is 3.68. The minimum absolute atomic E-state index is 0.0673. The lowest BCUT2D eigenvalue weighted by Crippen LogP contribution is -2.42. The Morgan fingerprint density at radius 1 is 1.10 bits per heavy atom. The number of carbonyl (C=O) groups excluding carboxylic acids is 1. The van der Waals surface area contributed by atoms with Crippen LogP contribution < -0.4 is 9.47 Å². The second-order valence-corrected chi connectivity index (χ2v) is 7.13. The molecular weight excluding hydrogens is 382 g/mol. The van der Waals surface area contributed by atoms with Crippen molar-refractivity contribution in [1.29, 1.82) is 0 Å². The molecule has 0 aliphatic carbocycles. The van der Waals surface area contributed by atoms with Gasteiger partial charge in [0, 0.05) is 19.2 Å². The molecule has 0 N–H and O–H groups in total. The van der Waals surface area contributed by atoms with E-state index >= 15 is 0 Å². The Bertz CT molecular complexity index is 1030. The molecule has 1 saturated heterocycles.